The minimum absolute atomic E-state index is 0.0780. The number of thiazole rings is 1. The second-order valence-corrected chi connectivity index (χ2v) is 6.32. The summed E-state index contributed by atoms with van der Waals surface area (Å²) in [5.74, 6) is 0. The van der Waals surface area contributed by atoms with Gasteiger partial charge >= 0.3 is 0 Å². The third-order valence-electron chi connectivity index (χ3n) is 2.78. The van der Waals surface area contributed by atoms with Gasteiger partial charge in [-0.25, -0.2) is 4.98 Å². The Hall–Kier alpha value is -1.68. The summed E-state index contributed by atoms with van der Waals surface area (Å²) in [6.45, 7) is 8.46. The third-order valence-corrected chi connectivity index (χ3v) is 3.53. The molecule has 1 N–H and O–H groups in total. The topological polar surface area (TPSA) is 37.3 Å². The van der Waals surface area contributed by atoms with Crippen LogP contribution >= 0.6 is 11.3 Å². The van der Waals surface area contributed by atoms with Crippen molar-refractivity contribution in [3.8, 4) is 0 Å². The molecule has 0 saturated heterocycles. The number of aromatic nitrogens is 1. The van der Waals surface area contributed by atoms with E-state index in [-0.39, 0.29) is 5.41 Å². The maximum absolute atomic E-state index is 4.55. The lowest BCUT2D eigenvalue weighted by molar-refractivity contribution is 0.573. The molecule has 0 spiro atoms. The van der Waals surface area contributed by atoms with E-state index >= 15 is 0 Å². The van der Waals surface area contributed by atoms with Crippen LogP contribution in [0.2, 0.25) is 0 Å². The molecule has 0 atom stereocenters. The van der Waals surface area contributed by atoms with Crippen LogP contribution in [0.1, 0.15) is 39.0 Å². The van der Waals surface area contributed by atoms with Crippen LogP contribution < -0.4 is 5.43 Å². The van der Waals surface area contributed by atoms with Gasteiger partial charge in [0.1, 0.15) is 0 Å². The molecule has 0 amide bonds. The molecule has 0 unspecified atom stereocenters. The van der Waals surface area contributed by atoms with Gasteiger partial charge in [-0.3, -0.25) is 5.43 Å². The van der Waals surface area contributed by atoms with Gasteiger partial charge < -0.3 is 0 Å². The quantitative estimate of drug-likeness (QED) is 0.669. The maximum atomic E-state index is 4.55. The van der Waals surface area contributed by atoms with Crippen LogP contribution in [0.4, 0.5) is 5.13 Å². The summed E-state index contributed by atoms with van der Waals surface area (Å²) >= 11 is 1.58. The minimum atomic E-state index is 0.0780. The van der Waals surface area contributed by atoms with Gasteiger partial charge in [-0.1, -0.05) is 51.1 Å². The smallest absolute Gasteiger partial charge is 0.203 e. The van der Waals surface area contributed by atoms with Crippen molar-refractivity contribution in [3.05, 3.63) is 47.0 Å². The number of rotatable bonds is 3. The zero-order valence-corrected chi connectivity index (χ0v) is 12.6. The minimum Gasteiger partial charge on any atom is -0.252 e. The molecular weight excluding hydrogens is 254 g/mol. The second-order valence-electron chi connectivity index (χ2n) is 5.46. The molecule has 0 fully saturated rings. The van der Waals surface area contributed by atoms with E-state index < -0.39 is 0 Å². The highest BCUT2D eigenvalue weighted by Crippen LogP contribution is 2.26. The molecule has 0 aliphatic heterocycles. The van der Waals surface area contributed by atoms with Crippen LogP contribution in [0.5, 0.6) is 0 Å². The highest BCUT2D eigenvalue weighted by atomic mass is 32.1. The Labute approximate surface area is 118 Å². The first-order valence-corrected chi connectivity index (χ1v) is 7.16. The highest BCUT2D eigenvalue weighted by molar-refractivity contribution is 7.13. The summed E-state index contributed by atoms with van der Waals surface area (Å²) in [7, 11) is 0. The zero-order valence-electron chi connectivity index (χ0n) is 11.8. The third kappa shape index (κ3) is 3.64. The molecule has 100 valence electrons. The number of benzene rings is 1. The molecular formula is C15H19N3S. The van der Waals surface area contributed by atoms with E-state index in [2.05, 4.69) is 41.7 Å². The Kier molecular flexibility index (Phi) is 4.00. The number of nitrogens with one attached hydrogen (secondary N) is 1. The highest BCUT2D eigenvalue weighted by Gasteiger charge is 2.17. The summed E-state index contributed by atoms with van der Waals surface area (Å²) in [5.41, 5.74) is 6.26. The van der Waals surface area contributed by atoms with Gasteiger partial charge in [-0.2, -0.15) is 5.10 Å². The maximum Gasteiger partial charge on any atom is 0.203 e. The van der Waals surface area contributed by atoms with Crippen molar-refractivity contribution in [2.75, 3.05) is 5.43 Å². The number of anilines is 1. The van der Waals surface area contributed by atoms with Crippen LogP contribution in [0.25, 0.3) is 0 Å². The van der Waals surface area contributed by atoms with Gasteiger partial charge in [-0.05, 0) is 12.5 Å². The Morgan fingerprint density at radius 1 is 1.21 bits per heavy atom. The lowest BCUT2D eigenvalue weighted by Gasteiger charge is -2.13. The molecule has 1 heterocycles. The van der Waals surface area contributed by atoms with Crippen molar-refractivity contribution in [2.45, 2.75) is 33.1 Å². The van der Waals surface area contributed by atoms with E-state index in [1.165, 1.54) is 0 Å². The second kappa shape index (κ2) is 5.53. The van der Waals surface area contributed by atoms with Gasteiger partial charge in [-0.15, -0.1) is 11.3 Å². The molecule has 0 saturated carbocycles. The predicted molar refractivity (Wildman–Crippen MR) is 83.1 cm³/mol. The largest absolute Gasteiger partial charge is 0.252 e. The molecule has 3 nitrogen and oxygen atoms in total. The molecule has 0 radical (unpaired) electrons. The van der Waals surface area contributed by atoms with Gasteiger partial charge in [0.2, 0.25) is 5.13 Å². The summed E-state index contributed by atoms with van der Waals surface area (Å²) < 4.78 is 0. The van der Waals surface area contributed by atoms with Gasteiger partial charge in [0, 0.05) is 10.8 Å². The summed E-state index contributed by atoms with van der Waals surface area (Å²) in [4.78, 5) is 4.55. The van der Waals surface area contributed by atoms with Crippen LogP contribution in [0, 0.1) is 0 Å². The van der Waals surface area contributed by atoms with Crippen LogP contribution in [-0.2, 0) is 5.41 Å². The molecule has 0 bridgehead atoms. The molecule has 2 aromatic rings. The van der Waals surface area contributed by atoms with Gasteiger partial charge in [0.15, 0.2) is 0 Å². The first-order chi connectivity index (χ1) is 8.97. The van der Waals surface area contributed by atoms with E-state index in [0.717, 1.165) is 22.1 Å². The SMILES string of the molecule is C/C(=N/Nc1nc(C(C)(C)C)cs1)c1ccccc1. The lowest BCUT2D eigenvalue weighted by Crippen LogP contribution is -2.11. The Morgan fingerprint density at radius 2 is 1.89 bits per heavy atom. The zero-order chi connectivity index (χ0) is 13.9. The van der Waals surface area contributed by atoms with E-state index in [1.54, 1.807) is 11.3 Å². The molecule has 1 aromatic carbocycles. The average molecular weight is 273 g/mol. The average Bonchev–Trinajstić information content (AvgIpc) is 2.86. The van der Waals surface area contributed by atoms with E-state index in [1.807, 2.05) is 37.3 Å². The molecule has 1 aromatic heterocycles. The summed E-state index contributed by atoms with van der Waals surface area (Å²) in [5, 5.41) is 7.29. The first-order valence-electron chi connectivity index (χ1n) is 6.28. The predicted octanol–water partition coefficient (Wildman–Crippen LogP) is 4.28. The van der Waals surface area contributed by atoms with E-state index in [0.29, 0.717) is 0 Å². The standard InChI is InChI=1S/C15H19N3S/c1-11(12-8-6-5-7-9-12)17-18-14-16-13(10-19-14)15(2,3)4/h5-10H,1-4H3,(H,16,18)/b17-11-. The fourth-order valence-corrected chi connectivity index (χ4v) is 2.42. The Bertz CT molecular complexity index is 565. The van der Waals surface area contributed by atoms with Crippen LogP contribution in [0.15, 0.2) is 40.8 Å². The summed E-state index contributed by atoms with van der Waals surface area (Å²) in [6.07, 6.45) is 0. The monoisotopic (exact) mass is 273 g/mol. The van der Waals surface area contributed by atoms with Crippen molar-refractivity contribution in [1.82, 2.24) is 4.98 Å². The summed E-state index contributed by atoms with van der Waals surface area (Å²) in [6, 6.07) is 10.1. The van der Waals surface area contributed by atoms with Crippen LogP contribution in [0.3, 0.4) is 0 Å². The van der Waals surface area contributed by atoms with Crippen molar-refractivity contribution in [1.29, 1.82) is 0 Å². The molecule has 0 aliphatic rings. The van der Waals surface area contributed by atoms with E-state index in [4.69, 9.17) is 0 Å². The van der Waals surface area contributed by atoms with Gasteiger partial charge in [0.05, 0.1) is 11.4 Å². The molecule has 4 heteroatoms. The number of hydrazone groups is 1. The van der Waals surface area contributed by atoms with Crippen molar-refractivity contribution < 1.29 is 0 Å². The number of nitrogens with zero attached hydrogens (tertiary/aromatic N) is 2. The lowest BCUT2D eigenvalue weighted by atomic mass is 9.93. The normalized spacial score (nSPS) is 12.5. The number of hydrogen-bond donors (Lipinski definition) is 1. The Balaban J connectivity index is 2.08. The fourth-order valence-electron chi connectivity index (χ4n) is 1.55. The molecule has 0 aliphatic carbocycles. The first kappa shape index (κ1) is 13.7. The van der Waals surface area contributed by atoms with Gasteiger partial charge in [0.25, 0.3) is 0 Å². The number of hydrogen-bond acceptors (Lipinski definition) is 4. The fraction of sp³-hybridized carbons (Fsp3) is 0.333. The van der Waals surface area contributed by atoms with E-state index in [9.17, 15) is 0 Å². The Morgan fingerprint density at radius 3 is 2.47 bits per heavy atom. The molecule has 19 heavy (non-hydrogen) atoms. The van der Waals surface area contributed by atoms with Crippen molar-refractivity contribution >= 4 is 22.2 Å². The van der Waals surface area contributed by atoms with Crippen LogP contribution in [-0.4, -0.2) is 10.7 Å². The molecule has 2 rings (SSSR count). The van der Waals surface area contributed by atoms with Crippen molar-refractivity contribution in [2.24, 2.45) is 5.10 Å². The van der Waals surface area contributed by atoms with Crippen molar-refractivity contribution in [3.63, 3.8) is 0 Å².